The Kier molecular flexibility index (Phi) is 5.76. The van der Waals surface area contributed by atoms with Gasteiger partial charge in [-0.05, 0) is 54.6 Å². The molecule has 0 radical (unpaired) electrons. The number of amides is 1. The number of pyridine rings is 1. The Hall–Kier alpha value is -2.86. The lowest BCUT2D eigenvalue weighted by atomic mass is 10.2. The summed E-state index contributed by atoms with van der Waals surface area (Å²) in [6, 6.07) is 13.7. The van der Waals surface area contributed by atoms with Gasteiger partial charge in [0.25, 0.3) is 5.91 Å². The van der Waals surface area contributed by atoms with Gasteiger partial charge in [0.1, 0.15) is 0 Å². The number of hydrogen-bond acceptors (Lipinski definition) is 5. The largest absolute Gasteiger partial charge is 0.378 e. The van der Waals surface area contributed by atoms with E-state index >= 15 is 0 Å². The van der Waals surface area contributed by atoms with Gasteiger partial charge in [-0.25, -0.2) is 9.98 Å². The monoisotopic (exact) mass is 378 g/mol. The van der Waals surface area contributed by atoms with E-state index in [-0.39, 0.29) is 5.91 Å². The number of anilines is 1. The number of amidine groups is 1. The first-order chi connectivity index (χ1) is 13.0. The summed E-state index contributed by atoms with van der Waals surface area (Å²) in [5.41, 5.74) is 2.98. The van der Waals surface area contributed by atoms with E-state index in [9.17, 15) is 4.79 Å². The molecule has 0 unspecified atom stereocenters. The van der Waals surface area contributed by atoms with Crippen LogP contribution in [0.4, 0.5) is 11.5 Å². The maximum Gasteiger partial charge on any atom is 0.267 e. The molecule has 5 nitrogen and oxygen atoms in total. The fourth-order valence-electron chi connectivity index (χ4n) is 2.59. The molecule has 6 heteroatoms. The number of nitrogens with zero attached hydrogens (tertiary/aromatic N) is 4. The van der Waals surface area contributed by atoms with Crippen LogP contribution >= 0.6 is 11.8 Å². The number of rotatable bonds is 5. The average Bonchev–Trinajstić information content (AvgIpc) is 2.91. The van der Waals surface area contributed by atoms with Gasteiger partial charge >= 0.3 is 0 Å². The van der Waals surface area contributed by atoms with Crippen molar-refractivity contribution < 1.29 is 4.79 Å². The fraction of sp³-hybridized carbons (Fsp3) is 0.190. The molecule has 0 spiro atoms. The molecule has 1 aromatic heterocycles. The minimum Gasteiger partial charge on any atom is -0.378 e. The average molecular weight is 379 g/mol. The van der Waals surface area contributed by atoms with Gasteiger partial charge in [0, 0.05) is 32.0 Å². The Labute approximate surface area is 164 Å². The van der Waals surface area contributed by atoms with E-state index < -0.39 is 0 Å². The summed E-state index contributed by atoms with van der Waals surface area (Å²) in [4.78, 5) is 26.1. The minimum absolute atomic E-state index is 0.0667. The topological polar surface area (TPSA) is 48.8 Å². The summed E-state index contributed by atoms with van der Waals surface area (Å²) in [5, 5.41) is 0.620. The highest BCUT2D eigenvalue weighted by atomic mass is 32.2. The minimum atomic E-state index is -0.0667. The molecule has 0 saturated carbocycles. The normalized spacial score (nSPS) is 17.0. The smallest absolute Gasteiger partial charge is 0.267 e. The van der Waals surface area contributed by atoms with Crippen LogP contribution in [0.15, 0.2) is 65.0 Å². The maximum atomic E-state index is 12.8. The second-order valence-electron chi connectivity index (χ2n) is 6.33. The SMILES string of the molecule is C=CCN1C(=O)/C(=C/c2ccc(N(C)C)cc2)S/C1=N/c1cccc(C)n1. The molecule has 27 heavy (non-hydrogen) atoms. The van der Waals surface area contributed by atoms with Gasteiger partial charge in [-0.1, -0.05) is 24.3 Å². The number of hydrogen-bond donors (Lipinski definition) is 0. The van der Waals surface area contributed by atoms with Crippen molar-refractivity contribution in [1.29, 1.82) is 0 Å². The van der Waals surface area contributed by atoms with Crippen molar-refractivity contribution in [2.24, 2.45) is 4.99 Å². The predicted octanol–water partition coefficient (Wildman–Crippen LogP) is 4.25. The van der Waals surface area contributed by atoms with Crippen LogP contribution in [0.25, 0.3) is 6.08 Å². The summed E-state index contributed by atoms with van der Waals surface area (Å²) < 4.78 is 0. The van der Waals surface area contributed by atoms with Crippen molar-refractivity contribution in [2.75, 3.05) is 25.5 Å². The molecular weight excluding hydrogens is 356 g/mol. The van der Waals surface area contributed by atoms with E-state index in [1.807, 2.05) is 74.5 Å². The van der Waals surface area contributed by atoms with Crippen LogP contribution in [0.1, 0.15) is 11.3 Å². The Morgan fingerprint density at radius 3 is 2.59 bits per heavy atom. The molecule has 1 aliphatic heterocycles. The van der Waals surface area contributed by atoms with E-state index in [0.717, 1.165) is 16.9 Å². The summed E-state index contributed by atoms with van der Waals surface area (Å²) in [5.74, 6) is 0.527. The predicted molar refractivity (Wildman–Crippen MR) is 114 cm³/mol. The highest BCUT2D eigenvalue weighted by Crippen LogP contribution is 2.34. The van der Waals surface area contributed by atoms with E-state index in [1.165, 1.54) is 11.8 Å². The zero-order valence-corrected chi connectivity index (χ0v) is 16.5. The molecule has 1 saturated heterocycles. The lowest BCUT2D eigenvalue weighted by Crippen LogP contribution is -2.29. The first-order valence-corrected chi connectivity index (χ1v) is 9.41. The fourth-order valence-corrected chi connectivity index (χ4v) is 3.59. The number of aryl methyl sites for hydroxylation is 1. The maximum absolute atomic E-state index is 12.8. The molecule has 0 aliphatic carbocycles. The van der Waals surface area contributed by atoms with Crippen LogP contribution in [0.3, 0.4) is 0 Å². The third-order valence-corrected chi connectivity index (χ3v) is 5.00. The summed E-state index contributed by atoms with van der Waals surface area (Å²) in [6.07, 6.45) is 3.60. The van der Waals surface area contributed by atoms with Crippen molar-refractivity contribution in [1.82, 2.24) is 9.88 Å². The molecule has 1 amide bonds. The van der Waals surface area contributed by atoms with Gasteiger partial charge in [-0.2, -0.15) is 0 Å². The van der Waals surface area contributed by atoms with Gasteiger partial charge in [0.05, 0.1) is 4.91 Å². The van der Waals surface area contributed by atoms with Crippen molar-refractivity contribution >= 4 is 40.4 Å². The first kappa shape index (κ1) is 18.9. The van der Waals surface area contributed by atoms with Crippen LogP contribution in [-0.4, -0.2) is 41.6 Å². The molecule has 0 atom stereocenters. The zero-order valence-electron chi connectivity index (χ0n) is 15.7. The molecular formula is C21H22N4OS. The van der Waals surface area contributed by atoms with E-state index in [1.54, 1.807) is 11.0 Å². The quantitative estimate of drug-likeness (QED) is 0.577. The van der Waals surface area contributed by atoms with Crippen LogP contribution in [0.5, 0.6) is 0 Å². The zero-order chi connectivity index (χ0) is 19.4. The second-order valence-corrected chi connectivity index (χ2v) is 7.34. The van der Waals surface area contributed by atoms with E-state index in [2.05, 4.69) is 16.6 Å². The summed E-state index contributed by atoms with van der Waals surface area (Å²) >= 11 is 1.36. The van der Waals surface area contributed by atoms with Gasteiger partial charge < -0.3 is 4.90 Å². The third-order valence-electron chi connectivity index (χ3n) is 3.99. The molecule has 0 N–H and O–H groups in total. The van der Waals surface area contributed by atoms with E-state index in [4.69, 9.17) is 0 Å². The molecule has 1 aliphatic rings. The number of aliphatic imine (C=N–C) groups is 1. The standard InChI is InChI=1S/C21H22N4OS/c1-5-13-25-20(26)18(14-16-9-11-17(12-10-16)24(3)4)27-21(25)23-19-8-6-7-15(2)22-19/h5-12,14H,1,13H2,2-4H3/b18-14-,23-21+. The highest BCUT2D eigenvalue weighted by molar-refractivity contribution is 8.18. The number of thioether (sulfide) groups is 1. The Morgan fingerprint density at radius 1 is 1.22 bits per heavy atom. The van der Waals surface area contributed by atoms with Crippen molar-refractivity contribution in [3.8, 4) is 0 Å². The lowest BCUT2D eigenvalue weighted by Gasteiger charge is -2.12. The number of aromatic nitrogens is 1. The van der Waals surface area contributed by atoms with Gasteiger partial charge in [-0.3, -0.25) is 9.69 Å². The van der Waals surface area contributed by atoms with Crippen LogP contribution in [-0.2, 0) is 4.79 Å². The van der Waals surface area contributed by atoms with Crippen LogP contribution in [0, 0.1) is 6.92 Å². The molecule has 1 aromatic carbocycles. The Bertz CT molecular complexity index is 916. The van der Waals surface area contributed by atoms with Gasteiger partial charge in [-0.15, -0.1) is 6.58 Å². The van der Waals surface area contributed by atoms with Crippen LogP contribution < -0.4 is 4.90 Å². The second kappa shape index (κ2) is 8.22. The molecule has 1 fully saturated rings. The lowest BCUT2D eigenvalue weighted by molar-refractivity contribution is -0.121. The molecule has 2 aromatic rings. The number of benzene rings is 1. The molecule has 2 heterocycles. The summed E-state index contributed by atoms with van der Waals surface area (Å²) in [7, 11) is 4.00. The van der Waals surface area contributed by atoms with Crippen molar-refractivity contribution in [3.63, 3.8) is 0 Å². The van der Waals surface area contributed by atoms with Gasteiger partial charge in [0.15, 0.2) is 11.0 Å². The molecule has 138 valence electrons. The van der Waals surface area contributed by atoms with E-state index in [0.29, 0.717) is 22.4 Å². The Morgan fingerprint density at radius 2 is 1.96 bits per heavy atom. The van der Waals surface area contributed by atoms with Crippen molar-refractivity contribution in [2.45, 2.75) is 6.92 Å². The number of carbonyl (C=O) groups excluding carboxylic acids is 1. The third kappa shape index (κ3) is 4.46. The highest BCUT2D eigenvalue weighted by Gasteiger charge is 2.32. The molecule has 0 bridgehead atoms. The van der Waals surface area contributed by atoms with Crippen molar-refractivity contribution in [3.05, 3.63) is 71.3 Å². The number of carbonyl (C=O) groups is 1. The summed E-state index contributed by atoms with van der Waals surface area (Å²) in [6.45, 7) is 6.08. The molecule has 3 rings (SSSR count). The Balaban J connectivity index is 1.91. The van der Waals surface area contributed by atoms with Gasteiger partial charge in [0.2, 0.25) is 0 Å². The van der Waals surface area contributed by atoms with Crippen LogP contribution in [0.2, 0.25) is 0 Å². The first-order valence-electron chi connectivity index (χ1n) is 8.60.